The van der Waals surface area contributed by atoms with Crippen molar-refractivity contribution in [3.05, 3.63) is 64.7 Å². The first-order valence-corrected chi connectivity index (χ1v) is 9.66. The van der Waals surface area contributed by atoms with Gasteiger partial charge < -0.3 is 20.1 Å². The number of nitrogens with zero attached hydrogens (tertiary/aromatic N) is 4. The van der Waals surface area contributed by atoms with Gasteiger partial charge in [0.25, 0.3) is 0 Å². The number of carbonyl (C=O) groups is 2. The standard InChI is InChI=1S/C21H18ClN5O4/c1-11-7-12(18(28)29)9-21(8-11,20(30)31)19-25-16(15-17(26-19)27(2)10-23-15)24-14-5-3-13(22)4-6-14/h3-8,10H,9H2,1-2H3,(H,28,29)(H,30,31)(H,24,25,26). The minimum absolute atomic E-state index is 0.0247. The number of halogens is 1. The summed E-state index contributed by atoms with van der Waals surface area (Å²) < 4.78 is 1.65. The zero-order valence-corrected chi connectivity index (χ0v) is 17.4. The number of hydrogen-bond acceptors (Lipinski definition) is 6. The first kappa shape index (κ1) is 20.5. The summed E-state index contributed by atoms with van der Waals surface area (Å²) in [6.45, 7) is 1.65. The molecule has 1 aromatic carbocycles. The number of hydrogen-bond donors (Lipinski definition) is 3. The van der Waals surface area contributed by atoms with Crippen molar-refractivity contribution in [3.63, 3.8) is 0 Å². The van der Waals surface area contributed by atoms with Crippen LogP contribution in [0.15, 0.2) is 53.9 Å². The van der Waals surface area contributed by atoms with E-state index in [1.54, 1.807) is 49.1 Å². The van der Waals surface area contributed by atoms with Gasteiger partial charge in [0.2, 0.25) is 0 Å². The molecule has 0 fully saturated rings. The second-order valence-corrected chi connectivity index (χ2v) is 7.81. The molecule has 0 spiro atoms. The lowest BCUT2D eigenvalue weighted by Crippen LogP contribution is -2.39. The van der Waals surface area contributed by atoms with E-state index in [-0.39, 0.29) is 17.8 Å². The lowest BCUT2D eigenvalue weighted by atomic mass is 9.75. The molecule has 10 heteroatoms. The maximum absolute atomic E-state index is 12.5. The molecule has 2 heterocycles. The quantitative estimate of drug-likeness (QED) is 0.551. The summed E-state index contributed by atoms with van der Waals surface area (Å²) in [5.41, 5.74) is 0.288. The van der Waals surface area contributed by atoms with Gasteiger partial charge in [0.05, 0.1) is 6.33 Å². The van der Waals surface area contributed by atoms with Gasteiger partial charge in [-0.2, -0.15) is 0 Å². The minimum atomic E-state index is -1.73. The summed E-state index contributed by atoms with van der Waals surface area (Å²) in [6, 6.07) is 6.92. The van der Waals surface area contributed by atoms with Crippen molar-refractivity contribution in [2.45, 2.75) is 18.8 Å². The zero-order valence-electron chi connectivity index (χ0n) is 16.6. The van der Waals surface area contributed by atoms with Gasteiger partial charge in [-0.3, -0.25) is 4.79 Å². The number of fused-ring (bicyclic) bond motifs is 1. The molecule has 0 amide bonds. The maximum Gasteiger partial charge on any atom is 0.331 e. The molecular weight excluding hydrogens is 422 g/mol. The molecule has 0 saturated heterocycles. The molecular formula is C21H18ClN5O4. The Morgan fingerprint density at radius 2 is 1.90 bits per heavy atom. The van der Waals surface area contributed by atoms with Crippen LogP contribution in [0.5, 0.6) is 0 Å². The number of aromatic nitrogens is 4. The largest absolute Gasteiger partial charge is 0.480 e. The topological polar surface area (TPSA) is 130 Å². The van der Waals surface area contributed by atoms with Crippen LogP contribution in [0.2, 0.25) is 5.02 Å². The van der Waals surface area contributed by atoms with Crippen molar-refractivity contribution in [2.75, 3.05) is 5.32 Å². The van der Waals surface area contributed by atoms with E-state index in [0.29, 0.717) is 33.3 Å². The van der Waals surface area contributed by atoms with Crippen molar-refractivity contribution < 1.29 is 19.8 Å². The first-order valence-electron chi connectivity index (χ1n) is 9.28. The third-order valence-electron chi connectivity index (χ3n) is 5.07. The molecule has 1 aliphatic rings. The highest BCUT2D eigenvalue weighted by Gasteiger charge is 2.45. The first-order chi connectivity index (χ1) is 14.7. The van der Waals surface area contributed by atoms with Crippen LogP contribution in [0, 0.1) is 0 Å². The Kier molecular flexibility index (Phi) is 4.98. The van der Waals surface area contributed by atoms with Crippen LogP contribution >= 0.6 is 11.6 Å². The minimum Gasteiger partial charge on any atom is -0.480 e. The summed E-state index contributed by atoms with van der Waals surface area (Å²) in [5, 5.41) is 23.4. The number of carboxylic acid groups (broad SMARTS) is 2. The van der Waals surface area contributed by atoms with Crippen molar-refractivity contribution >= 4 is 46.2 Å². The number of imidazole rings is 1. The highest BCUT2D eigenvalue weighted by molar-refractivity contribution is 6.30. The highest BCUT2D eigenvalue weighted by atomic mass is 35.5. The van der Waals surface area contributed by atoms with Crippen molar-refractivity contribution in [1.82, 2.24) is 19.5 Å². The molecule has 1 atom stereocenters. The number of anilines is 2. The van der Waals surface area contributed by atoms with Crippen LogP contribution in [-0.2, 0) is 22.1 Å². The van der Waals surface area contributed by atoms with Crippen LogP contribution in [0.4, 0.5) is 11.5 Å². The fourth-order valence-electron chi connectivity index (χ4n) is 3.58. The number of rotatable bonds is 5. The van der Waals surface area contributed by atoms with Gasteiger partial charge in [-0.15, -0.1) is 0 Å². The molecule has 3 N–H and O–H groups in total. The molecule has 0 saturated carbocycles. The normalized spacial score (nSPS) is 18.4. The van der Waals surface area contributed by atoms with E-state index in [0.717, 1.165) is 0 Å². The van der Waals surface area contributed by atoms with Crippen molar-refractivity contribution in [2.24, 2.45) is 7.05 Å². The average molecular weight is 440 g/mol. The van der Waals surface area contributed by atoms with Gasteiger partial charge >= 0.3 is 11.9 Å². The lowest BCUT2D eigenvalue weighted by molar-refractivity contribution is -0.142. The van der Waals surface area contributed by atoms with Crippen LogP contribution in [0.3, 0.4) is 0 Å². The Hall–Kier alpha value is -3.72. The molecule has 0 radical (unpaired) electrons. The Balaban J connectivity index is 1.91. The van der Waals surface area contributed by atoms with Gasteiger partial charge in [-0.1, -0.05) is 23.3 Å². The Labute approximate surface area is 181 Å². The van der Waals surface area contributed by atoms with E-state index in [2.05, 4.69) is 20.3 Å². The summed E-state index contributed by atoms with van der Waals surface area (Å²) in [6.07, 6.45) is 4.22. The molecule has 4 rings (SSSR count). The number of nitrogens with one attached hydrogen (secondary N) is 1. The van der Waals surface area contributed by atoms with E-state index in [1.165, 1.54) is 12.2 Å². The van der Waals surface area contributed by atoms with Gasteiger partial charge in [0, 0.05) is 29.8 Å². The molecule has 158 valence electrons. The summed E-state index contributed by atoms with van der Waals surface area (Å²) in [7, 11) is 1.73. The molecule has 0 aliphatic heterocycles. The van der Waals surface area contributed by atoms with Gasteiger partial charge in [-0.25, -0.2) is 19.7 Å². The molecule has 2 aromatic heterocycles. The number of benzene rings is 1. The van der Waals surface area contributed by atoms with E-state index in [4.69, 9.17) is 11.6 Å². The second-order valence-electron chi connectivity index (χ2n) is 7.37. The number of aryl methyl sites for hydroxylation is 1. The van der Waals surface area contributed by atoms with E-state index < -0.39 is 17.4 Å². The molecule has 3 aromatic rings. The van der Waals surface area contributed by atoms with E-state index >= 15 is 0 Å². The van der Waals surface area contributed by atoms with Crippen molar-refractivity contribution in [1.29, 1.82) is 0 Å². The third kappa shape index (κ3) is 3.64. The number of aliphatic carboxylic acids is 2. The molecule has 31 heavy (non-hydrogen) atoms. The molecule has 1 unspecified atom stereocenters. The predicted octanol–water partition coefficient (Wildman–Crippen LogP) is 3.44. The summed E-state index contributed by atoms with van der Waals surface area (Å²) in [5.74, 6) is -2.14. The predicted molar refractivity (Wildman–Crippen MR) is 114 cm³/mol. The van der Waals surface area contributed by atoms with Gasteiger partial charge in [-0.05, 0) is 37.3 Å². The van der Waals surface area contributed by atoms with Gasteiger partial charge in [0.15, 0.2) is 28.2 Å². The monoisotopic (exact) mass is 439 g/mol. The van der Waals surface area contributed by atoms with Crippen LogP contribution in [-0.4, -0.2) is 41.7 Å². The van der Waals surface area contributed by atoms with E-state index in [9.17, 15) is 19.8 Å². The second kappa shape index (κ2) is 7.51. The van der Waals surface area contributed by atoms with Crippen LogP contribution < -0.4 is 5.32 Å². The molecule has 0 bridgehead atoms. The summed E-state index contributed by atoms with van der Waals surface area (Å²) in [4.78, 5) is 37.4. The van der Waals surface area contributed by atoms with Crippen molar-refractivity contribution in [3.8, 4) is 0 Å². The third-order valence-corrected chi connectivity index (χ3v) is 5.32. The Bertz CT molecular complexity index is 1280. The molecule has 1 aliphatic carbocycles. The Morgan fingerprint density at radius 1 is 1.19 bits per heavy atom. The highest BCUT2D eigenvalue weighted by Crippen LogP contribution is 2.38. The molecule has 9 nitrogen and oxygen atoms in total. The number of allylic oxidation sites excluding steroid dienone is 2. The number of carboxylic acids is 2. The fraction of sp³-hybridized carbons (Fsp3) is 0.190. The summed E-state index contributed by atoms with van der Waals surface area (Å²) >= 11 is 5.95. The van der Waals surface area contributed by atoms with Gasteiger partial charge in [0.1, 0.15) is 0 Å². The lowest BCUT2D eigenvalue weighted by Gasteiger charge is -2.28. The fourth-order valence-corrected chi connectivity index (χ4v) is 3.71. The smallest absolute Gasteiger partial charge is 0.331 e. The average Bonchev–Trinajstić information content (AvgIpc) is 3.10. The van der Waals surface area contributed by atoms with E-state index in [1.807, 2.05) is 0 Å². The Morgan fingerprint density at radius 3 is 2.55 bits per heavy atom. The SMILES string of the molecule is CC1=CC(C(=O)O)(c2nc(Nc3ccc(Cl)cc3)c3ncn(C)c3n2)CC(C(=O)O)=C1. The maximum atomic E-state index is 12.5. The van der Waals surface area contributed by atoms with Crippen LogP contribution in [0.1, 0.15) is 19.2 Å². The zero-order chi connectivity index (χ0) is 22.3. The van der Waals surface area contributed by atoms with Crippen LogP contribution in [0.25, 0.3) is 11.2 Å².